The number of carbonyl (C=O) groups excluding carboxylic acids is 1. The number of aromatic nitrogens is 1. The van der Waals surface area contributed by atoms with E-state index in [9.17, 15) is 4.79 Å². The zero-order valence-corrected chi connectivity index (χ0v) is 12.3. The van der Waals surface area contributed by atoms with Crippen molar-refractivity contribution in [2.45, 2.75) is 13.0 Å². The lowest BCUT2D eigenvalue weighted by Crippen LogP contribution is -2.23. The van der Waals surface area contributed by atoms with Crippen molar-refractivity contribution in [3.05, 3.63) is 23.0 Å². The molecule has 1 unspecified atom stereocenters. The van der Waals surface area contributed by atoms with Crippen LogP contribution in [0.4, 0.5) is 0 Å². The fraction of sp³-hybridized carbons (Fsp3) is 0.400. The first-order chi connectivity index (χ1) is 7.54. The summed E-state index contributed by atoms with van der Waals surface area (Å²) in [5, 5.41) is 0.0833. The third kappa shape index (κ3) is 5.73. The number of pyridine rings is 1. The highest BCUT2D eigenvalue weighted by Crippen LogP contribution is 2.19. The standard InChI is InChI=1S/C10H13ClN2O3.2ClH/c1-6(12)5-16-7-3-8(10(14)15-2)9(11)13-4-7;;/h3-4,6H,5,12H2,1-2H3;2*1H. The van der Waals surface area contributed by atoms with Gasteiger partial charge in [-0.05, 0) is 13.0 Å². The van der Waals surface area contributed by atoms with Gasteiger partial charge in [-0.25, -0.2) is 9.78 Å². The molecular weight excluding hydrogens is 302 g/mol. The van der Waals surface area contributed by atoms with E-state index in [2.05, 4.69) is 9.72 Å². The van der Waals surface area contributed by atoms with Crippen molar-refractivity contribution in [3.8, 4) is 5.75 Å². The van der Waals surface area contributed by atoms with Gasteiger partial charge in [0.15, 0.2) is 0 Å². The average Bonchev–Trinajstić information content (AvgIpc) is 2.27. The molecular formula is C10H15Cl3N2O3. The highest BCUT2D eigenvalue weighted by molar-refractivity contribution is 6.32. The van der Waals surface area contributed by atoms with Crippen LogP contribution in [0.15, 0.2) is 12.3 Å². The Balaban J connectivity index is 0. The normalized spacial score (nSPS) is 10.7. The summed E-state index contributed by atoms with van der Waals surface area (Å²) in [6.07, 6.45) is 1.43. The lowest BCUT2D eigenvalue weighted by Gasteiger charge is -2.09. The molecule has 0 spiro atoms. The van der Waals surface area contributed by atoms with Crippen molar-refractivity contribution in [2.75, 3.05) is 13.7 Å². The first-order valence-electron chi connectivity index (χ1n) is 4.67. The summed E-state index contributed by atoms with van der Waals surface area (Å²) >= 11 is 5.74. The predicted octanol–water partition coefficient (Wildman–Crippen LogP) is 2.09. The summed E-state index contributed by atoms with van der Waals surface area (Å²) in [5.41, 5.74) is 5.70. The van der Waals surface area contributed by atoms with Crippen LogP contribution in [0.5, 0.6) is 5.75 Å². The fourth-order valence-electron chi connectivity index (χ4n) is 0.989. The van der Waals surface area contributed by atoms with Crippen LogP contribution in [0, 0.1) is 0 Å². The molecule has 0 saturated heterocycles. The molecule has 0 aliphatic heterocycles. The monoisotopic (exact) mass is 316 g/mol. The van der Waals surface area contributed by atoms with E-state index in [-0.39, 0.29) is 41.6 Å². The number of halogens is 3. The maximum absolute atomic E-state index is 11.3. The zero-order valence-electron chi connectivity index (χ0n) is 9.88. The molecule has 0 amide bonds. The average molecular weight is 318 g/mol. The molecule has 2 N–H and O–H groups in total. The first-order valence-corrected chi connectivity index (χ1v) is 5.04. The quantitative estimate of drug-likeness (QED) is 0.680. The first kappa shape index (κ1) is 19.6. The van der Waals surface area contributed by atoms with E-state index < -0.39 is 5.97 Å². The number of carbonyl (C=O) groups is 1. The summed E-state index contributed by atoms with van der Waals surface area (Å²) < 4.78 is 9.86. The number of esters is 1. The molecule has 0 saturated carbocycles. The van der Waals surface area contributed by atoms with E-state index in [4.69, 9.17) is 22.1 Å². The minimum absolute atomic E-state index is 0. The van der Waals surface area contributed by atoms with Crippen molar-refractivity contribution in [3.63, 3.8) is 0 Å². The van der Waals surface area contributed by atoms with E-state index in [0.717, 1.165) is 0 Å². The Kier molecular flexibility index (Phi) is 10.0. The van der Waals surface area contributed by atoms with Gasteiger partial charge in [0.1, 0.15) is 23.1 Å². The fourth-order valence-corrected chi connectivity index (χ4v) is 1.17. The van der Waals surface area contributed by atoms with Crippen molar-refractivity contribution < 1.29 is 14.3 Å². The second kappa shape index (κ2) is 9.22. The number of nitrogens with two attached hydrogens (primary N) is 1. The Morgan fingerprint density at radius 1 is 1.56 bits per heavy atom. The van der Waals surface area contributed by atoms with E-state index in [1.54, 1.807) is 0 Å². The Morgan fingerprint density at radius 2 is 2.17 bits per heavy atom. The molecule has 0 aromatic carbocycles. The predicted molar refractivity (Wildman–Crippen MR) is 74.2 cm³/mol. The molecule has 1 aromatic heterocycles. The smallest absolute Gasteiger partial charge is 0.341 e. The molecule has 18 heavy (non-hydrogen) atoms. The van der Waals surface area contributed by atoms with E-state index in [0.29, 0.717) is 12.4 Å². The minimum Gasteiger partial charge on any atom is -0.490 e. The summed E-state index contributed by atoms with van der Waals surface area (Å²) in [5.74, 6) is -0.120. The van der Waals surface area contributed by atoms with Crippen LogP contribution >= 0.6 is 36.4 Å². The van der Waals surface area contributed by atoms with E-state index in [1.807, 2.05) is 6.92 Å². The lowest BCUT2D eigenvalue weighted by atomic mass is 10.3. The van der Waals surface area contributed by atoms with Gasteiger partial charge in [-0.2, -0.15) is 0 Å². The highest BCUT2D eigenvalue weighted by atomic mass is 35.5. The van der Waals surface area contributed by atoms with Crippen molar-refractivity contribution in [1.82, 2.24) is 4.98 Å². The van der Waals surface area contributed by atoms with Gasteiger partial charge in [0.25, 0.3) is 0 Å². The molecule has 1 heterocycles. The molecule has 1 atom stereocenters. The largest absolute Gasteiger partial charge is 0.490 e. The SMILES string of the molecule is COC(=O)c1cc(OCC(C)N)cnc1Cl.Cl.Cl. The topological polar surface area (TPSA) is 74.4 Å². The molecule has 0 aliphatic carbocycles. The molecule has 1 aromatic rings. The number of ether oxygens (including phenoxy) is 2. The van der Waals surface area contributed by atoms with Crippen LogP contribution in [0.25, 0.3) is 0 Å². The Morgan fingerprint density at radius 3 is 2.67 bits per heavy atom. The van der Waals surface area contributed by atoms with Crippen molar-refractivity contribution in [2.24, 2.45) is 5.73 Å². The van der Waals surface area contributed by atoms with Crippen LogP contribution in [0.3, 0.4) is 0 Å². The van der Waals surface area contributed by atoms with Gasteiger partial charge in [-0.3, -0.25) is 0 Å². The Labute approximate surface area is 123 Å². The molecule has 104 valence electrons. The molecule has 0 radical (unpaired) electrons. The van der Waals surface area contributed by atoms with Gasteiger partial charge in [-0.1, -0.05) is 11.6 Å². The van der Waals surface area contributed by atoms with Gasteiger partial charge in [0.2, 0.25) is 0 Å². The van der Waals surface area contributed by atoms with Crippen molar-refractivity contribution in [1.29, 1.82) is 0 Å². The number of hydrogen-bond acceptors (Lipinski definition) is 5. The van der Waals surface area contributed by atoms with Crippen LogP contribution in [0.2, 0.25) is 5.15 Å². The third-order valence-corrected chi connectivity index (χ3v) is 2.03. The van der Waals surface area contributed by atoms with E-state index >= 15 is 0 Å². The van der Waals surface area contributed by atoms with Crippen LogP contribution in [0.1, 0.15) is 17.3 Å². The summed E-state index contributed by atoms with van der Waals surface area (Å²) in [6, 6.07) is 1.38. The number of hydrogen-bond donors (Lipinski definition) is 1. The maximum Gasteiger partial charge on any atom is 0.341 e. The molecule has 8 heteroatoms. The molecule has 0 fully saturated rings. The summed E-state index contributed by atoms with van der Waals surface area (Å²) in [4.78, 5) is 15.1. The Hall–Kier alpha value is -0.750. The second-order valence-corrected chi connectivity index (χ2v) is 3.65. The molecule has 0 aliphatic rings. The summed E-state index contributed by atoms with van der Waals surface area (Å²) in [7, 11) is 1.27. The van der Waals surface area contributed by atoms with Crippen molar-refractivity contribution >= 4 is 42.4 Å². The highest BCUT2D eigenvalue weighted by Gasteiger charge is 2.13. The maximum atomic E-state index is 11.3. The molecule has 1 rings (SSSR count). The second-order valence-electron chi connectivity index (χ2n) is 3.29. The van der Waals surface area contributed by atoms with Crippen LogP contribution in [-0.2, 0) is 4.74 Å². The third-order valence-electron chi connectivity index (χ3n) is 1.73. The van der Waals surface area contributed by atoms with Crippen LogP contribution < -0.4 is 10.5 Å². The van der Waals surface area contributed by atoms with Gasteiger partial charge in [-0.15, -0.1) is 24.8 Å². The van der Waals surface area contributed by atoms with Gasteiger partial charge < -0.3 is 15.2 Å². The number of methoxy groups -OCH3 is 1. The van der Waals surface area contributed by atoms with Crippen LogP contribution in [-0.4, -0.2) is 30.7 Å². The van der Waals surface area contributed by atoms with Gasteiger partial charge >= 0.3 is 5.97 Å². The number of rotatable bonds is 4. The number of nitrogens with zero attached hydrogens (tertiary/aromatic N) is 1. The molecule has 0 bridgehead atoms. The van der Waals surface area contributed by atoms with Gasteiger partial charge in [0.05, 0.1) is 13.3 Å². The lowest BCUT2D eigenvalue weighted by molar-refractivity contribution is 0.0600. The minimum atomic E-state index is -0.552. The zero-order chi connectivity index (χ0) is 12.1. The molecule has 5 nitrogen and oxygen atoms in total. The van der Waals surface area contributed by atoms with E-state index in [1.165, 1.54) is 19.4 Å². The van der Waals surface area contributed by atoms with Gasteiger partial charge in [0, 0.05) is 6.04 Å². The summed E-state index contributed by atoms with van der Waals surface area (Å²) in [6.45, 7) is 2.15. The Bertz CT molecular complexity index is 389.